The molecule has 0 aliphatic heterocycles. The fraction of sp³-hybridized carbons (Fsp3) is 0.625. The van der Waals surface area contributed by atoms with Crippen LogP contribution in [0.2, 0.25) is 0 Å². The predicted octanol–water partition coefficient (Wildman–Crippen LogP) is 1.29. The second-order valence-electron chi connectivity index (χ2n) is 2.31. The number of aliphatic hydroxyl groups is 1. The van der Waals surface area contributed by atoms with Gasteiger partial charge in [0, 0.05) is 6.42 Å². The Bertz CT molecular complexity index is 125. The van der Waals surface area contributed by atoms with Gasteiger partial charge >= 0.3 is 0 Å². The van der Waals surface area contributed by atoms with Crippen molar-refractivity contribution in [3.8, 4) is 0 Å². The van der Waals surface area contributed by atoms with E-state index in [4.69, 9.17) is 5.11 Å². The molecule has 1 atom stereocenters. The molecular weight excluding hydrogens is 128 g/mol. The molecule has 0 saturated heterocycles. The van der Waals surface area contributed by atoms with Gasteiger partial charge in [-0.1, -0.05) is 13.0 Å². The maximum Gasteiger partial charge on any atom is 0.155 e. The molecule has 2 nitrogen and oxygen atoms in total. The van der Waals surface area contributed by atoms with E-state index in [1.165, 1.54) is 6.08 Å². The topological polar surface area (TPSA) is 37.3 Å². The van der Waals surface area contributed by atoms with Gasteiger partial charge in [0.15, 0.2) is 5.78 Å². The summed E-state index contributed by atoms with van der Waals surface area (Å²) in [5, 5.41) is 8.78. The number of hydrogen-bond donors (Lipinski definition) is 1. The number of rotatable bonds is 4. The molecule has 0 aliphatic rings. The minimum Gasteiger partial charge on any atom is -0.393 e. The van der Waals surface area contributed by atoms with Crippen LogP contribution in [0.5, 0.6) is 0 Å². The van der Waals surface area contributed by atoms with Crippen LogP contribution in [0.1, 0.15) is 26.7 Å². The van der Waals surface area contributed by atoms with Crippen LogP contribution in [-0.4, -0.2) is 17.0 Å². The van der Waals surface area contributed by atoms with Gasteiger partial charge in [0.1, 0.15) is 0 Å². The lowest BCUT2D eigenvalue weighted by atomic mass is 10.2. The quantitative estimate of drug-likeness (QED) is 0.600. The summed E-state index contributed by atoms with van der Waals surface area (Å²) in [5.41, 5.74) is 0. The van der Waals surface area contributed by atoms with Crippen molar-refractivity contribution in [2.45, 2.75) is 32.8 Å². The average Bonchev–Trinajstić information content (AvgIpc) is 1.87. The van der Waals surface area contributed by atoms with Crippen molar-refractivity contribution in [3.63, 3.8) is 0 Å². The zero-order valence-corrected chi connectivity index (χ0v) is 6.50. The molecule has 0 amide bonds. The first-order valence-corrected chi connectivity index (χ1v) is 3.54. The van der Waals surface area contributed by atoms with E-state index in [9.17, 15) is 4.79 Å². The molecule has 2 heteroatoms. The lowest BCUT2D eigenvalue weighted by Crippen LogP contribution is -1.96. The van der Waals surface area contributed by atoms with Gasteiger partial charge in [0.25, 0.3) is 0 Å². The fourth-order valence-corrected chi connectivity index (χ4v) is 0.514. The minimum absolute atomic E-state index is 0.112. The highest BCUT2D eigenvalue weighted by atomic mass is 16.3. The molecule has 1 N–H and O–H groups in total. The van der Waals surface area contributed by atoms with Crippen molar-refractivity contribution >= 4 is 5.78 Å². The Balaban J connectivity index is 3.46. The van der Waals surface area contributed by atoms with E-state index in [1.54, 1.807) is 13.0 Å². The number of ketones is 1. The maximum absolute atomic E-state index is 10.6. The number of carbonyl (C=O) groups is 1. The molecule has 0 aromatic carbocycles. The highest BCUT2D eigenvalue weighted by Gasteiger charge is 1.91. The van der Waals surface area contributed by atoms with Crippen molar-refractivity contribution in [1.29, 1.82) is 0 Å². The van der Waals surface area contributed by atoms with Crippen LogP contribution in [0, 0.1) is 0 Å². The van der Waals surface area contributed by atoms with Crippen LogP contribution < -0.4 is 0 Å². The standard InChI is InChI=1S/C8H14O2/c1-3-8(10)6-4-5-7(2)9/h4,6-7,9H,3,5H2,1-2H3/b6-4+. The van der Waals surface area contributed by atoms with Gasteiger partial charge in [0.05, 0.1) is 6.10 Å². The summed E-state index contributed by atoms with van der Waals surface area (Å²) in [4.78, 5) is 10.6. The molecule has 0 spiro atoms. The van der Waals surface area contributed by atoms with Crippen LogP contribution >= 0.6 is 0 Å². The summed E-state index contributed by atoms with van der Waals surface area (Å²) in [7, 11) is 0. The Hall–Kier alpha value is -0.630. The van der Waals surface area contributed by atoms with E-state index < -0.39 is 0 Å². The zero-order valence-electron chi connectivity index (χ0n) is 6.50. The van der Waals surface area contributed by atoms with Gasteiger partial charge in [-0.05, 0) is 19.4 Å². The van der Waals surface area contributed by atoms with Crippen molar-refractivity contribution in [2.24, 2.45) is 0 Å². The van der Waals surface area contributed by atoms with E-state index in [1.807, 2.05) is 6.92 Å². The SMILES string of the molecule is CCC(=O)/C=C/CC(C)O. The third-order valence-corrected chi connectivity index (χ3v) is 1.13. The smallest absolute Gasteiger partial charge is 0.155 e. The highest BCUT2D eigenvalue weighted by Crippen LogP contribution is 1.92. The summed E-state index contributed by atoms with van der Waals surface area (Å²) in [6.45, 7) is 3.51. The molecule has 58 valence electrons. The van der Waals surface area contributed by atoms with Gasteiger partial charge in [-0.25, -0.2) is 0 Å². The molecule has 0 heterocycles. The molecule has 0 bridgehead atoms. The third-order valence-electron chi connectivity index (χ3n) is 1.13. The maximum atomic E-state index is 10.6. The van der Waals surface area contributed by atoms with Gasteiger partial charge in [-0.15, -0.1) is 0 Å². The van der Waals surface area contributed by atoms with Crippen molar-refractivity contribution < 1.29 is 9.90 Å². The normalized spacial score (nSPS) is 13.9. The lowest BCUT2D eigenvalue weighted by Gasteiger charge is -1.94. The van der Waals surface area contributed by atoms with Crippen molar-refractivity contribution in [1.82, 2.24) is 0 Å². The zero-order chi connectivity index (χ0) is 7.98. The van der Waals surface area contributed by atoms with Gasteiger partial charge < -0.3 is 5.11 Å². The average molecular weight is 142 g/mol. The monoisotopic (exact) mass is 142 g/mol. The number of hydrogen-bond acceptors (Lipinski definition) is 2. The van der Waals surface area contributed by atoms with Crippen molar-refractivity contribution in [3.05, 3.63) is 12.2 Å². The first kappa shape index (κ1) is 9.37. The summed E-state index contributed by atoms with van der Waals surface area (Å²) < 4.78 is 0. The molecule has 10 heavy (non-hydrogen) atoms. The van der Waals surface area contributed by atoms with E-state index in [2.05, 4.69) is 0 Å². The first-order chi connectivity index (χ1) is 4.66. The van der Waals surface area contributed by atoms with Crippen molar-refractivity contribution in [2.75, 3.05) is 0 Å². The minimum atomic E-state index is -0.346. The molecule has 0 rings (SSSR count). The van der Waals surface area contributed by atoms with Crippen LogP contribution in [0.4, 0.5) is 0 Å². The molecule has 0 aromatic heterocycles. The Morgan fingerprint density at radius 2 is 2.30 bits per heavy atom. The largest absolute Gasteiger partial charge is 0.393 e. The molecule has 0 fully saturated rings. The summed E-state index contributed by atoms with van der Waals surface area (Å²) >= 11 is 0. The van der Waals surface area contributed by atoms with Crippen LogP contribution in [0.15, 0.2) is 12.2 Å². The van der Waals surface area contributed by atoms with E-state index in [0.717, 1.165) is 0 Å². The Morgan fingerprint density at radius 1 is 1.70 bits per heavy atom. The Kier molecular flexibility index (Phi) is 4.85. The molecule has 1 unspecified atom stereocenters. The molecule has 0 aromatic rings. The molecule has 0 aliphatic carbocycles. The summed E-state index contributed by atoms with van der Waals surface area (Å²) in [5.74, 6) is 0.112. The predicted molar refractivity (Wildman–Crippen MR) is 40.7 cm³/mol. The number of aliphatic hydroxyl groups excluding tert-OH is 1. The van der Waals surface area contributed by atoms with Crippen LogP contribution in [-0.2, 0) is 4.79 Å². The molecule has 0 saturated carbocycles. The van der Waals surface area contributed by atoms with Gasteiger partial charge in [-0.2, -0.15) is 0 Å². The Morgan fingerprint density at radius 3 is 2.70 bits per heavy atom. The van der Waals surface area contributed by atoms with Gasteiger partial charge in [0.2, 0.25) is 0 Å². The van der Waals surface area contributed by atoms with Gasteiger partial charge in [-0.3, -0.25) is 4.79 Å². The summed E-state index contributed by atoms with van der Waals surface area (Å²) in [6, 6.07) is 0. The van der Waals surface area contributed by atoms with E-state index >= 15 is 0 Å². The third kappa shape index (κ3) is 5.51. The number of allylic oxidation sites excluding steroid dienone is 1. The molecule has 0 radical (unpaired) electrons. The van der Waals surface area contributed by atoms with E-state index in [-0.39, 0.29) is 11.9 Å². The lowest BCUT2D eigenvalue weighted by molar-refractivity contribution is -0.114. The Labute approximate surface area is 61.6 Å². The first-order valence-electron chi connectivity index (χ1n) is 3.54. The number of carbonyl (C=O) groups excluding carboxylic acids is 1. The highest BCUT2D eigenvalue weighted by molar-refractivity contribution is 5.89. The molecular formula is C8H14O2. The summed E-state index contributed by atoms with van der Waals surface area (Å²) in [6.07, 6.45) is 3.98. The van der Waals surface area contributed by atoms with Crippen LogP contribution in [0.25, 0.3) is 0 Å². The van der Waals surface area contributed by atoms with E-state index in [0.29, 0.717) is 12.8 Å². The van der Waals surface area contributed by atoms with Crippen LogP contribution in [0.3, 0.4) is 0 Å². The fourth-order valence-electron chi connectivity index (χ4n) is 0.514. The second kappa shape index (κ2) is 5.18. The second-order valence-corrected chi connectivity index (χ2v) is 2.31.